The molecule has 0 saturated carbocycles. The lowest BCUT2D eigenvalue weighted by Gasteiger charge is -2.38. The molecule has 1 aliphatic heterocycles. The van der Waals surface area contributed by atoms with Crippen LogP contribution in [0.25, 0.3) is 0 Å². The summed E-state index contributed by atoms with van der Waals surface area (Å²) in [6.45, 7) is 9.37. The van der Waals surface area contributed by atoms with Gasteiger partial charge in [0.1, 0.15) is 0 Å². The Morgan fingerprint density at radius 1 is 1.35 bits per heavy atom. The molecule has 4 radical (unpaired) electrons. The molecule has 0 unspecified atom stereocenters. The molecule has 3 nitrogen and oxygen atoms in total. The zero-order valence-electron chi connectivity index (χ0n) is 11.7. The maximum atomic E-state index is 9.94. The SMILES string of the molecule is CN1CC=C([B]OC(C)(C)C(C)(C)O)CC1.[B]. The Kier molecular flexibility index (Phi) is 5.99. The summed E-state index contributed by atoms with van der Waals surface area (Å²) in [5, 5.41) is 9.94. The van der Waals surface area contributed by atoms with E-state index in [4.69, 9.17) is 4.65 Å². The molecule has 1 rings (SSSR count). The lowest BCUT2D eigenvalue weighted by Crippen LogP contribution is -2.48. The summed E-state index contributed by atoms with van der Waals surface area (Å²) in [6.07, 6.45) is 3.18. The fraction of sp³-hybridized carbons (Fsp3) is 0.833. The van der Waals surface area contributed by atoms with Gasteiger partial charge in [0.25, 0.3) is 0 Å². The van der Waals surface area contributed by atoms with Crippen LogP contribution in [0.1, 0.15) is 34.1 Å². The predicted molar refractivity (Wildman–Crippen MR) is 73.2 cm³/mol. The van der Waals surface area contributed by atoms with Crippen LogP contribution in [0, 0.1) is 0 Å². The average molecular weight is 235 g/mol. The van der Waals surface area contributed by atoms with Crippen molar-refractivity contribution in [3.05, 3.63) is 11.5 Å². The van der Waals surface area contributed by atoms with Crippen molar-refractivity contribution in [2.75, 3.05) is 20.1 Å². The highest BCUT2D eigenvalue weighted by Gasteiger charge is 2.35. The molecule has 0 saturated heterocycles. The van der Waals surface area contributed by atoms with Crippen molar-refractivity contribution >= 4 is 15.9 Å². The molecule has 0 aromatic rings. The number of rotatable bonds is 4. The first-order valence-electron chi connectivity index (χ1n) is 5.83. The molecule has 94 valence electrons. The van der Waals surface area contributed by atoms with Crippen LogP contribution in [-0.4, -0.2) is 57.2 Å². The maximum absolute atomic E-state index is 9.94. The summed E-state index contributed by atoms with van der Waals surface area (Å²) in [6, 6.07) is 0. The minimum atomic E-state index is -0.852. The van der Waals surface area contributed by atoms with Gasteiger partial charge in [0.15, 0.2) is 0 Å². The monoisotopic (exact) mass is 235 g/mol. The van der Waals surface area contributed by atoms with Gasteiger partial charge >= 0.3 is 7.48 Å². The fourth-order valence-corrected chi connectivity index (χ4v) is 1.26. The Balaban J connectivity index is 0.00000256. The van der Waals surface area contributed by atoms with E-state index in [1.54, 1.807) is 21.3 Å². The molecule has 1 N–H and O–H groups in total. The highest BCUT2D eigenvalue weighted by molar-refractivity contribution is 6.38. The molecule has 0 amide bonds. The number of hydrogen-bond donors (Lipinski definition) is 1. The molecule has 17 heavy (non-hydrogen) atoms. The maximum Gasteiger partial charge on any atom is 0.326 e. The first-order valence-corrected chi connectivity index (χ1v) is 5.83. The van der Waals surface area contributed by atoms with Gasteiger partial charge in [0.05, 0.1) is 11.2 Å². The van der Waals surface area contributed by atoms with Crippen molar-refractivity contribution in [3.8, 4) is 0 Å². The van der Waals surface area contributed by atoms with Gasteiger partial charge in [0, 0.05) is 21.5 Å². The Bertz CT molecular complexity index is 272. The third kappa shape index (κ3) is 4.86. The van der Waals surface area contributed by atoms with Crippen molar-refractivity contribution in [1.29, 1.82) is 0 Å². The van der Waals surface area contributed by atoms with Crippen molar-refractivity contribution in [2.24, 2.45) is 0 Å². The molecular formula is C12H23B2NO2. The van der Waals surface area contributed by atoms with Crippen LogP contribution >= 0.6 is 0 Å². The van der Waals surface area contributed by atoms with E-state index >= 15 is 0 Å². The average Bonchev–Trinajstić information content (AvgIpc) is 2.15. The standard InChI is InChI=1S/C12H23BNO2.B/c1-11(2,15)12(3,4)16-13-10-6-8-14(5)9-7-10;/h6,15H,7-9H2,1-5H3;. The smallest absolute Gasteiger partial charge is 0.326 e. The molecule has 0 aromatic carbocycles. The van der Waals surface area contributed by atoms with E-state index in [0.29, 0.717) is 0 Å². The van der Waals surface area contributed by atoms with Crippen LogP contribution in [0.2, 0.25) is 0 Å². The van der Waals surface area contributed by atoms with E-state index < -0.39 is 11.2 Å². The van der Waals surface area contributed by atoms with Crippen LogP contribution in [0.15, 0.2) is 11.5 Å². The van der Waals surface area contributed by atoms with Crippen molar-refractivity contribution < 1.29 is 9.76 Å². The van der Waals surface area contributed by atoms with Crippen LogP contribution in [0.5, 0.6) is 0 Å². The van der Waals surface area contributed by atoms with Gasteiger partial charge in [-0.3, -0.25) is 0 Å². The summed E-state index contributed by atoms with van der Waals surface area (Å²) >= 11 is 0. The number of nitrogens with zero attached hydrogens (tertiary/aromatic N) is 1. The minimum absolute atomic E-state index is 0. The largest absolute Gasteiger partial charge is 0.427 e. The van der Waals surface area contributed by atoms with Gasteiger partial charge < -0.3 is 14.7 Å². The molecular weight excluding hydrogens is 212 g/mol. The van der Waals surface area contributed by atoms with Crippen LogP contribution in [-0.2, 0) is 4.65 Å². The molecule has 1 aliphatic rings. The minimum Gasteiger partial charge on any atom is -0.427 e. The third-order valence-electron chi connectivity index (χ3n) is 3.43. The Hall–Kier alpha value is -0.250. The molecule has 1 heterocycles. The summed E-state index contributed by atoms with van der Waals surface area (Å²) in [4.78, 5) is 2.26. The quantitative estimate of drug-likeness (QED) is 0.738. The van der Waals surface area contributed by atoms with Crippen molar-refractivity contribution in [2.45, 2.75) is 45.3 Å². The van der Waals surface area contributed by atoms with Gasteiger partial charge in [-0.1, -0.05) is 11.5 Å². The summed E-state index contributed by atoms with van der Waals surface area (Å²) < 4.78 is 5.71. The Labute approximate surface area is 108 Å². The molecule has 0 atom stereocenters. The third-order valence-corrected chi connectivity index (χ3v) is 3.43. The van der Waals surface area contributed by atoms with Gasteiger partial charge in [-0.25, -0.2) is 0 Å². The summed E-state index contributed by atoms with van der Waals surface area (Å²) in [7, 11) is 3.90. The van der Waals surface area contributed by atoms with Gasteiger partial charge in [-0.15, -0.1) is 0 Å². The highest BCUT2D eigenvalue weighted by atomic mass is 16.5. The second kappa shape index (κ2) is 6.07. The number of aliphatic hydroxyl groups is 1. The first kappa shape index (κ1) is 16.7. The second-order valence-electron chi connectivity index (χ2n) is 5.60. The first-order chi connectivity index (χ1) is 7.22. The summed E-state index contributed by atoms with van der Waals surface area (Å²) in [5.41, 5.74) is -0.206. The lowest BCUT2D eigenvalue weighted by molar-refractivity contribution is -0.0897. The number of hydrogen-bond acceptors (Lipinski definition) is 3. The van der Waals surface area contributed by atoms with Crippen LogP contribution in [0.4, 0.5) is 0 Å². The van der Waals surface area contributed by atoms with E-state index in [1.807, 2.05) is 13.8 Å². The molecule has 0 spiro atoms. The predicted octanol–water partition coefficient (Wildman–Crippen LogP) is 1.01. The topological polar surface area (TPSA) is 32.7 Å². The molecule has 5 heteroatoms. The van der Waals surface area contributed by atoms with Gasteiger partial charge in [0.2, 0.25) is 0 Å². The highest BCUT2D eigenvalue weighted by Crippen LogP contribution is 2.25. The summed E-state index contributed by atoms with van der Waals surface area (Å²) in [5.74, 6) is 0. The molecule has 0 fully saturated rings. The lowest BCUT2D eigenvalue weighted by atomic mass is 9.79. The fourth-order valence-electron chi connectivity index (χ4n) is 1.26. The Morgan fingerprint density at radius 3 is 2.35 bits per heavy atom. The van der Waals surface area contributed by atoms with Crippen molar-refractivity contribution in [3.63, 3.8) is 0 Å². The Morgan fingerprint density at radius 2 is 1.94 bits per heavy atom. The van der Waals surface area contributed by atoms with Crippen LogP contribution in [0.3, 0.4) is 0 Å². The van der Waals surface area contributed by atoms with Gasteiger partial charge in [-0.2, -0.15) is 0 Å². The van der Waals surface area contributed by atoms with Crippen molar-refractivity contribution in [1.82, 2.24) is 4.90 Å². The molecule has 0 aliphatic carbocycles. The van der Waals surface area contributed by atoms with E-state index in [9.17, 15) is 5.11 Å². The van der Waals surface area contributed by atoms with E-state index in [-0.39, 0.29) is 8.41 Å². The van der Waals surface area contributed by atoms with E-state index in [1.165, 1.54) is 5.47 Å². The zero-order valence-corrected chi connectivity index (χ0v) is 11.7. The molecule has 0 bridgehead atoms. The van der Waals surface area contributed by atoms with Gasteiger partial charge in [-0.05, 0) is 41.2 Å². The van der Waals surface area contributed by atoms with E-state index in [0.717, 1.165) is 19.5 Å². The second-order valence-corrected chi connectivity index (χ2v) is 5.60. The normalized spacial score (nSPS) is 18.4. The molecule has 0 aromatic heterocycles. The van der Waals surface area contributed by atoms with E-state index in [2.05, 4.69) is 18.0 Å². The zero-order chi connectivity index (χ0) is 12.4. The van der Waals surface area contributed by atoms with Crippen LogP contribution < -0.4 is 0 Å². The number of likely N-dealkylation sites (N-methyl/N-ethyl adjacent to an activating group) is 1.